The summed E-state index contributed by atoms with van der Waals surface area (Å²) in [4.78, 5) is 4.03. The third-order valence-corrected chi connectivity index (χ3v) is 1.34. The van der Waals surface area contributed by atoms with E-state index in [-0.39, 0.29) is 0 Å². The van der Waals surface area contributed by atoms with Crippen LogP contribution in [0.3, 0.4) is 0 Å². The highest BCUT2D eigenvalue weighted by Gasteiger charge is 2.25. The molecule has 0 aromatic carbocycles. The number of hydrogen-bond donors (Lipinski definition) is 1. The first kappa shape index (κ1) is 8.62. The van der Waals surface area contributed by atoms with E-state index < -0.39 is 5.79 Å². The van der Waals surface area contributed by atoms with Crippen molar-refractivity contribution in [1.29, 1.82) is 0 Å². The predicted octanol–water partition coefficient (Wildman–Crippen LogP) is 1.41. The standard InChI is InChI=1S/C6H12O3/c1-5(2)6(3,8-4)9-7/h7H,1H2,2-4H3. The van der Waals surface area contributed by atoms with Gasteiger partial charge in [-0.25, -0.2) is 5.26 Å². The van der Waals surface area contributed by atoms with Gasteiger partial charge in [0.2, 0.25) is 5.79 Å². The Morgan fingerprint density at radius 3 is 2.11 bits per heavy atom. The molecule has 9 heavy (non-hydrogen) atoms. The molecule has 0 aliphatic heterocycles. The quantitative estimate of drug-likeness (QED) is 0.273. The lowest BCUT2D eigenvalue weighted by Gasteiger charge is -2.23. The molecule has 0 bridgehead atoms. The Labute approximate surface area is 54.8 Å². The summed E-state index contributed by atoms with van der Waals surface area (Å²) in [6.07, 6.45) is 0. The van der Waals surface area contributed by atoms with Gasteiger partial charge in [-0.1, -0.05) is 6.58 Å². The average molecular weight is 132 g/mol. The van der Waals surface area contributed by atoms with Gasteiger partial charge in [-0.15, -0.1) is 0 Å². The topological polar surface area (TPSA) is 38.7 Å². The molecular weight excluding hydrogens is 120 g/mol. The second-order valence-electron chi connectivity index (χ2n) is 2.02. The molecule has 0 fully saturated rings. The van der Waals surface area contributed by atoms with Crippen LogP contribution in [0.15, 0.2) is 12.2 Å². The smallest absolute Gasteiger partial charge is 0.219 e. The molecule has 0 aromatic rings. The van der Waals surface area contributed by atoms with Gasteiger partial charge in [0.25, 0.3) is 0 Å². The zero-order valence-corrected chi connectivity index (χ0v) is 5.97. The molecule has 0 saturated heterocycles. The lowest BCUT2D eigenvalue weighted by molar-refractivity contribution is -0.376. The van der Waals surface area contributed by atoms with Crippen molar-refractivity contribution >= 4 is 0 Å². The maximum Gasteiger partial charge on any atom is 0.219 e. The molecule has 0 saturated carbocycles. The van der Waals surface area contributed by atoms with Gasteiger partial charge in [-0.05, 0) is 19.4 Å². The maximum atomic E-state index is 8.27. The van der Waals surface area contributed by atoms with E-state index in [1.165, 1.54) is 7.11 Å². The highest BCUT2D eigenvalue weighted by atomic mass is 17.1. The number of rotatable bonds is 3. The van der Waals surface area contributed by atoms with Crippen LogP contribution in [-0.4, -0.2) is 18.2 Å². The molecule has 0 spiro atoms. The summed E-state index contributed by atoms with van der Waals surface area (Å²) in [6, 6.07) is 0. The van der Waals surface area contributed by atoms with Crippen molar-refractivity contribution in [1.82, 2.24) is 0 Å². The summed E-state index contributed by atoms with van der Waals surface area (Å²) >= 11 is 0. The molecule has 3 nitrogen and oxygen atoms in total. The van der Waals surface area contributed by atoms with Gasteiger partial charge in [0.1, 0.15) is 0 Å². The Morgan fingerprint density at radius 1 is 1.67 bits per heavy atom. The van der Waals surface area contributed by atoms with Crippen molar-refractivity contribution in [3.63, 3.8) is 0 Å². The zero-order valence-electron chi connectivity index (χ0n) is 5.97. The molecular formula is C6H12O3. The Bertz CT molecular complexity index is 105. The second kappa shape index (κ2) is 2.96. The number of methoxy groups -OCH3 is 1. The van der Waals surface area contributed by atoms with E-state index in [0.29, 0.717) is 5.57 Å². The van der Waals surface area contributed by atoms with Gasteiger partial charge in [0.15, 0.2) is 0 Å². The molecule has 1 unspecified atom stereocenters. The third-order valence-electron chi connectivity index (χ3n) is 1.34. The van der Waals surface area contributed by atoms with Crippen LogP contribution in [0.5, 0.6) is 0 Å². The van der Waals surface area contributed by atoms with Crippen LogP contribution in [0, 0.1) is 0 Å². The Morgan fingerprint density at radius 2 is 2.11 bits per heavy atom. The maximum absolute atomic E-state index is 8.27. The molecule has 0 rings (SSSR count). The first-order valence-electron chi connectivity index (χ1n) is 2.60. The molecule has 0 aliphatic carbocycles. The predicted molar refractivity (Wildman–Crippen MR) is 33.9 cm³/mol. The molecule has 1 atom stereocenters. The summed E-state index contributed by atoms with van der Waals surface area (Å²) in [5.41, 5.74) is 0.618. The van der Waals surface area contributed by atoms with E-state index in [0.717, 1.165) is 0 Å². The van der Waals surface area contributed by atoms with E-state index in [1.807, 2.05) is 0 Å². The average Bonchev–Trinajstić information content (AvgIpc) is 1.86. The van der Waals surface area contributed by atoms with Crippen molar-refractivity contribution in [2.75, 3.05) is 7.11 Å². The lowest BCUT2D eigenvalue weighted by atomic mass is 10.2. The summed E-state index contributed by atoms with van der Waals surface area (Å²) in [7, 11) is 1.44. The summed E-state index contributed by atoms with van der Waals surface area (Å²) < 4.78 is 4.78. The molecule has 1 N–H and O–H groups in total. The van der Waals surface area contributed by atoms with E-state index in [2.05, 4.69) is 11.5 Å². The zero-order chi connectivity index (χ0) is 7.49. The first-order chi connectivity index (χ1) is 4.06. The molecule has 0 radical (unpaired) electrons. The SMILES string of the molecule is C=C(C)C(C)(OC)OO. The van der Waals surface area contributed by atoms with Crippen molar-refractivity contribution in [3.8, 4) is 0 Å². The van der Waals surface area contributed by atoms with Gasteiger partial charge < -0.3 is 4.74 Å². The van der Waals surface area contributed by atoms with Crippen LogP contribution >= 0.6 is 0 Å². The number of ether oxygens (including phenoxy) is 1. The normalized spacial score (nSPS) is 16.9. The number of hydrogen-bond acceptors (Lipinski definition) is 3. The van der Waals surface area contributed by atoms with E-state index >= 15 is 0 Å². The Balaban J connectivity index is 4.09. The first-order valence-corrected chi connectivity index (χ1v) is 2.60. The minimum absolute atomic E-state index is 0.618. The van der Waals surface area contributed by atoms with Crippen LogP contribution < -0.4 is 0 Å². The summed E-state index contributed by atoms with van der Waals surface area (Å²) in [5, 5.41) is 8.27. The Kier molecular flexibility index (Phi) is 2.84. The van der Waals surface area contributed by atoms with Gasteiger partial charge in [0.05, 0.1) is 0 Å². The van der Waals surface area contributed by atoms with Crippen LogP contribution in [-0.2, 0) is 9.62 Å². The van der Waals surface area contributed by atoms with Crippen LogP contribution in [0.25, 0.3) is 0 Å². The van der Waals surface area contributed by atoms with Crippen molar-refractivity contribution in [2.24, 2.45) is 0 Å². The highest BCUT2D eigenvalue weighted by molar-refractivity contribution is 5.01. The van der Waals surface area contributed by atoms with Crippen molar-refractivity contribution in [2.45, 2.75) is 19.6 Å². The summed E-state index contributed by atoms with van der Waals surface area (Å²) in [6.45, 7) is 6.85. The van der Waals surface area contributed by atoms with E-state index in [4.69, 9.17) is 9.99 Å². The minimum Gasteiger partial charge on any atom is -0.348 e. The molecule has 54 valence electrons. The lowest BCUT2D eigenvalue weighted by Crippen LogP contribution is -2.30. The van der Waals surface area contributed by atoms with Gasteiger partial charge in [-0.2, -0.15) is 4.89 Å². The second-order valence-corrected chi connectivity index (χ2v) is 2.02. The van der Waals surface area contributed by atoms with Gasteiger partial charge >= 0.3 is 0 Å². The molecule has 3 heteroatoms. The van der Waals surface area contributed by atoms with Crippen molar-refractivity contribution in [3.05, 3.63) is 12.2 Å². The van der Waals surface area contributed by atoms with Gasteiger partial charge in [0, 0.05) is 7.11 Å². The minimum atomic E-state index is -1.06. The summed E-state index contributed by atoms with van der Waals surface area (Å²) in [5.74, 6) is -1.06. The van der Waals surface area contributed by atoms with E-state index in [1.54, 1.807) is 13.8 Å². The molecule has 0 aliphatic rings. The fourth-order valence-electron chi connectivity index (χ4n) is 0.289. The molecule has 0 aromatic heterocycles. The Hall–Kier alpha value is -0.380. The van der Waals surface area contributed by atoms with Crippen LogP contribution in [0.2, 0.25) is 0 Å². The van der Waals surface area contributed by atoms with Gasteiger partial charge in [-0.3, -0.25) is 0 Å². The van der Waals surface area contributed by atoms with Crippen LogP contribution in [0.4, 0.5) is 0 Å². The fraction of sp³-hybridized carbons (Fsp3) is 0.667. The fourth-order valence-corrected chi connectivity index (χ4v) is 0.289. The molecule has 0 amide bonds. The monoisotopic (exact) mass is 132 g/mol. The molecule has 0 heterocycles. The van der Waals surface area contributed by atoms with Crippen molar-refractivity contribution < 1.29 is 14.9 Å². The largest absolute Gasteiger partial charge is 0.348 e. The highest BCUT2D eigenvalue weighted by Crippen LogP contribution is 2.17. The third kappa shape index (κ3) is 1.78. The van der Waals surface area contributed by atoms with Crippen LogP contribution in [0.1, 0.15) is 13.8 Å². The van der Waals surface area contributed by atoms with E-state index in [9.17, 15) is 0 Å².